The van der Waals surface area contributed by atoms with Gasteiger partial charge in [-0.3, -0.25) is 0 Å². The molecule has 0 heterocycles. The maximum Gasteiger partial charge on any atom is 0.407 e. The van der Waals surface area contributed by atoms with E-state index in [1.165, 1.54) is 0 Å². The monoisotopic (exact) mass is 222 g/mol. The van der Waals surface area contributed by atoms with Gasteiger partial charge in [0, 0.05) is 11.6 Å². The molecule has 0 saturated heterocycles. The minimum atomic E-state index is -0.466. The molecule has 0 aromatic heterocycles. The normalized spacial score (nSPS) is 20.6. The van der Waals surface area contributed by atoms with Crippen molar-refractivity contribution >= 4 is 6.09 Å². The summed E-state index contributed by atoms with van der Waals surface area (Å²) < 4.78 is 5.16. The molecule has 1 aliphatic carbocycles. The number of hydrogen-bond acceptors (Lipinski definition) is 3. The van der Waals surface area contributed by atoms with Gasteiger partial charge in [-0.15, -0.1) is 0 Å². The molecule has 0 fully saturated rings. The quantitative estimate of drug-likeness (QED) is 0.741. The summed E-state index contributed by atoms with van der Waals surface area (Å²) in [7, 11) is 0. The zero-order valence-electron chi connectivity index (χ0n) is 10.0. The number of alkyl carbamates (subject to hydrolysis) is 1. The second kappa shape index (κ2) is 5.02. The van der Waals surface area contributed by atoms with Gasteiger partial charge in [0.1, 0.15) is 5.60 Å². The Hall–Kier alpha value is -1.50. The van der Waals surface area contributed by atoms with E-state index >= 15 is 0 Å². The summed E-state index contributed by atoms with van der Waals surface area (Å²) in [5.41, 5.74) is 0.342. The Morgan fingerprint density at radius 1 is 1.62 bits per heavy atom. The molecule has 0 saturated carbocycles. The van der Waals surface area contributed by atoms with Crippen LogP contribution in [-0.2, 0) is 4.74 Å². The molecule has 1 unspecified atom stereocenters. The van der Waals surface area contributed by atoms with E-state index in [0.717, 1.165) is 18.4 Å². The number of rotatable bonds is 1. The van der Waals surface area contributed by atoms with Crippen molar-refractivity contribution in [3.63, 3.8) is 0 Å². The maximum absolute atomic E-state index is 11.5. The molecule has 0 spiro atoms. The first-order valence-electron chi connectivity index (χ1n) is 5.49. The van der Waals surface area contributed by atoms with E-state index in [2.05, 4.69) is 11.4 Å². The number of hydrogen-bond donors (Lipinski definition) is 1. The molecule has 4 nitrogen and oxygen atoms in total. The van der Waals surface area contributed by atoms with E-state index in [1.54, 1.807) is 0 Å². The zero-order chi connectivity index (χ0) is 12.2. The second-order valence-corrected chi connectivity index (χ2v) is 4.96. The van der Waals surface area contributed by atoms with Crippen LogP contribution in [0.3, 0.4) is 0 Å². The SMILES string of the molecule is CC(C)(C)OC(=O)NC1CC=C(C#N)CC1. The lowest BCUT2D eigenvalue weighted by molar-refractivity contribution is 0.0501. The molecule has 0 bridgehead atoms. The van der Waals surface area contributed by atoms with Crippen LogP contribution in [0.25, 0.3) is 0 Å². The zero-order valence-corrected chi connectivity index (χ0v) is 10.0. The Balaban J connectivity index is 2.38. The molecule has 0 radical (unpaired) electrons. The first-order chi connectivity index (χ1) is 7.40. The number of carbonyl (C=O) groups is 1. The van der Waals surface area contributed by atoms with Gasteiger partial charge in [0.2, 0.25) is 0 Å². The average molecular weight is 222 g/mol. The molecule has 1 amide bonds. The Morgan fingerprint density at radius 3 is 2.75 bits per heavy atom. The largest absolute Gasteiger partial charge is 0.444 e. The molecule has 0 aromatic carbocycles. The summed E-state index contributed by atoms with van der Waals surface area (Å²) in [6, 6.07) is 2.22. The predicted octanol–water partition coefficient (Wildman–Crippen LogP) is 2.51. The number of nitrogens with one attached hydrogen (secondary N) is 1. The highest BCUT2D eigenvalue weighted by atomic mass is 16.6. The first-order valence-corrected chi connectivity index (χ1v) is 5.49. The lowest BCUT2D eigenvalue weighted by Crippen LogP contribution is -2.39. The number of amides is 1. The molecule has 1 aliphatic rings. The number of ether oxygens (including phenoxy) is 1. The van der Waals surface area contributed by atoms with Crippen LogP contribution in [0.5, 0.6) is 0 Å². The van der Waals surface area contributed by atoms with Crippen LogP contribution in [0.4, 0.5) is 4.79 Å². The molecule has 1 N–H and O–H groups in total. The van der Waals surface area contributed by atoms with Gasteiger partial charge in [-0.25, -0.2) is 4.79 Å². The number of nitrogens with zero attached hydrogens (tertiary/aromatic N) is 1. The Kier molecular flexibility index (Phi) is 3.94. The first kappa shape index (κ1) is 12.6. The third-order valence-corrected chi connectivity index (χ3v) is 2.28. The smallest absolute Gasteiger partial charge is 0.407 e. The van der Waals surface area contributed by atoms with Crippen molar-refractivity contribution in [2.75, 3.05) is 0 Å². The third-order valence-electron chi connectivity index (χ3n) is 2.28. The minimum absolute atomic E-state index is 0.0898. The van der Waals surface area contributed by atoms with Crippen LogP contribution in [-0.4, -0.2) is 17.7 Å². The Labute approximate surface area is 96.3 Å². The molecular weight excluding hydrogens is 204 g/mol. The van der Waals surface area contributed by atoms with E-state index in [9.17, 15) is 4.79 Å². The third kappa shape index (κ3) is 4.35. The van der Waals surface area contributed by atoms with Gasteiger partial charge >= 0.3 is 6.09 Å². The van der Waals surface area contributed by atoms with Crippen molar-refractivity contribution in [3.05, 3.63) is 11.6 Å². The van der Waals surface area contributed by atoms with Gasteiger partial charge in [-0.2, -0.15) is 5.26 Å². The average Bonchev–Trinajstić information content (AvgIpc) is 2.16. The van der Waals surface area contributed by atoms with Gasteiger partial charge < -0.3 is 10.1 Å². The summed E-state index contributed by atoms with van der Waals surface area (Å²) in [5, 5.41) is 11.5. The van der Waals surface area contributed by atoms with Crippen LogP contribution in [0, 0.1) is 11.3 Å². The summed E-state index contributed by atoms with van der Waals surface area (Å²) in [5.74, 6) is 0. The van der Waals surface area contributed by atoms with Crippen molar-refractivity contribution in [2.45, 2.75) is 51.7 Å². The molecule has 0 aromatic rings. The minimum Gasteiger partial charge on any atom is -0.444 e. The van der Waals surface area contributed by atoms with Crippen molar-refractivity contribution < 1.29 is 9.53 Å². The highest BCUT2D eigenvalue weighted by molar-refractivity contribution is 5.68. The van der Waals surface area contributed by atoms with E-state index in [0.29, 0.717) is 6.42 Å². The van der Waals surface area contributed by atoms with Crippen LogP contribution < -0.4 is 5.32 Å². The van der Waals surface area contributed by atoms with Crippen molar-refractivity contribution in [2.24, 2.45) is 0 Å². The van der Waals surface area contributed by atoms with Gasteiger partial charge in [-0.1, -0.05) is 6.08 Å². The summed E-state index contributed by atoms with van der Waals surface area (Å²) in [6.07, 6.45) is 3.75. The predicted molar refractivity (Wildman–Crippen MR) is 60.7 cm³/mol. The van der Waals surface area contributed by atoms with Gasteiger partial charge in [0.05, 0.1) is 6.07 Å². The molecular formula is C12H18N2O2. The van der Waals surface area contributed by atoms with E-state index in [4.69, 9.17) is 10.00 Å². The van der Waals surface area contributed by atoms with E-state index in [1.807, 2.05) is 26.8 Å². The molecule has 1 atom stereocenters. The topological polar surface area (TPSA) is 62.1 Å². The molecule has 4 heteroatoms. The molecule has 16 heavy (non-hydrogen) atoms. The van der Waals surface area contributed by atoms with Gasteiger partial charge in [0.15, 0.2) is 0 Å². The standard InChI is InChI=1S/C12H18N2O2/c1-12(2,3)16-11(15)14-10-6-4-9(8-13)5-7-10/h4,10H,5-7H2,1-3H3,(H,14,15). The number of nitriles is 1. The summed E-state index contributed by atoms with van der Waals surface area (Å²) in [6.45, 7) is 5.50. The molecule has 0 aliphatic heterocycles. The summed E-state index contributed by atoms with van der Waals surface area (Å²) in [4.78, 5) is 11.5. The molecule has 88 valence electrons. The van der Waals surface area contributed by atoms with Crippen LogP contribution in [0.1, 0.15) is 40.0 Å². The fourth-order valence-corrected chi connectivity index (χ4v) is 1.54. The van der Waals surface area contributed by atoms with Crippen molar-refractivity contribution in [1.29, 1.82) is 5.26 Å². The lowest BCUT2D eigenvalue weighted by atomic mass is 9.96. The van der Waals surface area contributed by atoms with Crippen LogP contribution in [0.2, 0.25) is 0 Å². The number of allylic oxidation sites excluding steroid dienone is 1. The highest BCUT2D eigenvalue weighted by Gasteiger charge is 2.20. The van der Waals surface area contributed by atoms with Crippen LogP contribution in [0.15, 0.2) is 11.6 Å². The fourth-order valence-electron chi connectivity index (χ4n) is 1.54. The van der Waals surface area contributed by atoms with Crippen molar-refractivity contribution in [3.8, 4) is 6.07 Å². The van der Waals surface area contributed by atoms with Crippen molar-refractivity contribution in [1.82, 2.24) is 5.32 Å². The van der Waals surface area contributed by atoms with Gasteiger partial charge in [-0.05, 0) is 40.0 Å². The maximum atomic E-state index is 11.5. The van der Waals surface area contributed by atoms with E-state index in [-0.39, 0.29) is 12.1 Å². The van der Waals surface area contributed by atoms with Gasteiger partial charge in [0.25, 0.3) is 0 Å². The Bertz CT molecular complexity index is 334. The lowest BCUT2D eigenvalue weighted by Gasteiger charge is -2.24. The van der Waals surface area contributed by atoms with E-state index < -0.39 is 5.60 Å². The van der Waals surface area contributed by atoms with Crippen LogP contribution >= 0.6 is 0 Å². The second-order valence-electron chi connectivity index (χ2n) is 4.96. The molecule has 1 rings (SSSR count). The highest BCUT2D eigenvalue weighted by Crippen LogP contribution is 2.18. The Morgan fingerprint density at radius 2 is 2.31 bits per heavy atom. The summed E-state index contributed by atoms with van der Waals surface area (Å²) >= 11 is 0. The fraction of sp³-hybridized carbons (Fsp3) is 0.667. The number of carbonyl (C=O) groups excluding carboxylic acids is 1.